The minimum atomic E-state index is 0.427. The molecule has 0 saturated heterocycles. The fourth-order valence-corrected chi connectivity index (χ4v) is 2.64. The van der Waals surface area contributed by atoms with Gasteiger partial charge < -0.3 is 10.3 Å². The number of nitrogens with two attached hydrogens (primary N) is 1. The van der Waals surface area contributed by atoms with E-state index in [2.05, 4.69) is 23.5 Å². The van der Waals surface area contributed by atoms with Crippen LogP contribution in [-0.4, -0.2) is 15.6 Å². The summed E-state index contributed by atoms with van der Waals surface area (Å²) in [5, 5.41) is 0. The lowest BCUT2D eigenvalue weighted by atomic mass is 9.91. The molecule has 1 heterocycles. The zero-order valence-electron chi connectivity index (χ0n) is 9.69. The van der Waals surface area contributed by atoms with Crippen LogP contribution in [0.4, 0.5) is 0 Å². The van der Waals surface area contributed by atoms with Crippen LogP contribution >= 0.6 is 0 Å². The van der Waals surface area contributed by atoms with Gasteiger partial charge >= 0.3 is 0 Å². The Labute approximate surface area is 91.7 Å². The molecule has 2 N–H and O–H groups in total. The molecule has 3 unspecified atom stereocenters. The van der Waals surface area contributed by atoms with Gasteiger partial charge in [-0.1, -0.05) is 6.92 Å². The van der Waals surface area contributed by atoms with E-state index in [1.165, 1.54) is 25.1 Å². The van der Waals surface area contributed by atoms with Crippen molar-refractivity contribution in [3.63, 3.8) is 0 Å². The highest BCUT2D eigenvalue weighted by molar-refractivity contribution is 4.93. The maximum absolute atomic E-state index is 6.03. The second-order valence-corrected chi connectivity index (χ2v) is 4.85. The Morgan fingerprint density at radius 2 is 2.33 bits per heavy atom. The first kappa shape index (κ1) is 10.7. The fraction of sp³-hybridized carbons (Fsp3) is 0.750. The third kappa shape index (κ3) is 2.23. The molecule has 0 bridgehead atoms. The molecule has 3 heteroatoms. The predicted octanol–water partition coefficient (Wildman–Crippen LogP) is 1.73. The van der Waals surface area contributed by atoms with Crippen molar-refractivity contribution in [1.82, 2.24) is 9.55 Å². The lowest BCUT2D eigenvalue weighted by Crippen LogP contribution is -2.25. The van der Waals surface area contributed by atoms with Gasteiger partial charge in [0.15, 0.2) is 0 Å². The number of rotatable bonds is 3. The molecule has 0 amide bonds. The third-order valence-corrected chi connectivity index (χ3v) is 3.95. The number of aromatic nitrogens is 2. The molecule has 3 atom stereocenters. The van der Waals surface area contributed by atoms with Crippen molar-refractivity contribution >= 4 is 0 Å². The van der Waals surface area contributed by atoms with Gasteiger partial charge in [-0.2, -0.15) is 0 Å². The zero-order chi connectivity index (χ0) is 10.8. The lowest BCUT2D eigenvalue weighted by molar-refractivity contribution is 0.366. The molecule has 0 radical (unpaired) electrons. The van der Waals surface area contributed by atoms with E-state index in [1.807, 2.05) is 12.4 Å². The van der Waals surface area contributed by atoms with E-state index in [-0.39, 0.29) is 0 Å². The molecule has 0 aliphatic heterocycles. The van der Waals surface area contributed by atoms with Crippen molar-refractivity contribution in [3.05, 3.63) is 18.2 Å². The van der Waals surface area contributed by atoms with Gasteiger partial charge in [0, 0.05) is 31.9 Å². The fourth-order valence-electron chi connectivity index (χ4n) is 2.64. The van der Waals surface area contributed by atoms with Gasteiger partial charge in [0.1, 0.15) is 5.82 Å². The Bertz CT molecular complexity index is 318. The first-order chi connectivity index (χ1) is 7.18. The summed E-state index contributed by atoms with van der Waals surface area (Å²) in [7, 11) is 2.06. The smallest absolute Gasteiger partial charge is 0.108 e. The molecule has 1 aromatic rings. The van der Waals surface area contributed by atoms with Crippen LogP contribution in [0.15, 0.2) is 12.4 Å². The van der Waals surface area contributed by atoms with Crippen LogP contribution in [0.1, 0.15) is 32.0 Å². The second-order valence-electron chi connectivity index (χ2n) is 4.85. The Morgan fingerprint density at radius 1 is 1.53 bits per heavy atom. The number of imidazole rings is 1. The summed E-state index contributed by atoms with van der Waals surface area (Å²) in [4.78, 5) is 4.35. The predicted molar refractivity (Wildman–Crippen MR) is 61.4 cm³/mol. The summed E-state index contributed by atoms with van der Waals surface area (Å²) in [5.74, 6) is 2.68. The van der Waals surface area contributed by atoms with E-state index < -0.39 is 0 Å². The van der Waals surface area contributed by atoms with E-state index in [0.29, 0.717) is 12.0 Å². The van der Waals surface area contributed by atoms with E-state index >= 15 is 0 Å². The first-order valence-corrected chi connectivity index (χ1v) is 5.90. The van der Waals surface area contributed by atoms with Crippen LogP contribution < -0.4 is 5.73 Å². The summed E-state index contributed by atoms with van der Waals surface area (Å²) >= 11 is 0. The van der Waals surface area contributed by atoms with Crippen LogP contribution in [0.3, 0.4) is 0 Å². The Hall–Kier alpha value is -0.830. The van der Waals surface area contributed by atoms with E-state index in [9.17, 15) is 0 Å². The van der Waals surface area contributed by atoms with Crippen LogP contribution in [0.5, 0.6) is 0 Å². The highest BCUT2D eigenvalue weighted by atomic mass is 15.0. The number of aryl methyl sites for hydroxylation is 2. The van der Waals surface area contributed by atoms with Gasteiger partial charge in [-0.25, -0.2) is 4.98 Å². The summed E-state index contributed by atoms with van der Waals surface area (Å²) in [5.41, 5.74) is 6.03. The SMILES string of the molecule is CC1C(N)CCC1CCc1nccn1C. The van der Waals surface area contributed by atoms with E-state index in [4.69, 9.17) is 5.73 Å². The van der Waals surface area contributed by atoms with E-state index in [0.717, 1.165) is 12.3 Å². The van der Waals surface area contributed by atoms with Gasteiger partial charge in [0.05, 0.1) is 0 Å². The lowest BCUT2D eigenvalue weighted by Gasteiger charge is -2.17. The Kier molecular flexibility index (Phi) is 3.10. The molecule has 0 aromatic carbocycles. The molecular weight excluding hydrogens is 186 g/mol. The molecule has 1 aliphatic carbocycles. The molecule has 0 spiro atoms. The average molecular weight is 207 g/mol. The van der Waals surface area contributed by atoms with Gasteiger partial charge in [0.2, 0.25) is 0 Å². The average Bonchev–Trinajstić information content (AvgIpc) is 2.74. The van der Waals surface area contributed by atoms with Gasteiger partial charge in [0.25, 0.3) is 0 Å². The maximum atomic E-state index is 6.03. The second kappa shape index (κ2) is 4.35. The van der Waals surface area contributed by atoms with Crippen molar-refractivity contribution in [2.45, 2.75) is 38.6 Å². The monoisotopic (exact) mass is 207 g/mol. The summed E-state index contributed by atoms with van der Waals surface area (Å²) in [6, 6.07) is 0.427. The highest BCUT2D eigenvalue weighted by Gasteiger charge is 2.29. The number of hydrogen-bond donors (Lipinski definition) is 1. The molecule has 1 aromatic heterocycles. The van der Waals surface area contributed by atoms with E-state index in [1.54, 1.807) is 0 Å². The van der Waals surface area contributed by atoms with Crippen molar-refractivity contribution < 1.29 is 0 Å². The van der Waals surface area contributed by atoms with Gasteiger partial charge in [-0.05, 0) is 31.1 Å². The van der Waals surface area contributed by atoms with Crippen molar-refractivity contribution in [2.75, 3.05) is 0 Å². The molecule has 1 aliphatic rings. The molecule has 3 nitrogen and oxygen atoms in total. The number of hydrogen-bond acceptors (Lipinski definition) is 2. The van der Waals surface area contributed by atoms with Crippen LogP contribution in [0.25, 0.3) is 0 Å². The van der Waals surface area contributed by atoms with Crippen LogP contribution in [-0.2, 0) is 13.5 Å². The molecule has 1 saturated carbocycles. The summed E-state index contributed by atoms with van der Waals surface area (Å²) in [6.07, 6.45) is 8.71. The molecule has 1 fully saturated rings. The first-order valence-electron chi connectivity index (χ1n) is 5.90. The van der Waals surface area contributed by atoms with Crippen molar-refractivity contribution in [3.8, 4) is 0 Å². The molecule has 2 rings (SSSR count). The standard InChI is InChI=1S/C12H21N3/c1-9-10(3-5-11(9)13)4-6-12-14-7-8-15(12)2/h7-11H,3-6,13H2,1-2H3. The molecule has 84 valence electrons. The summed E-state index contributed by atoms with van der Waals surface area (Å²) < 4.78 is 2.11. The largest absolute Gasteiger partial charge is 0.338 e. The number of nitrogens with zero attached hydrogens (tertiary/aromatic N) is 2. The minimum Gasteiger partial charge on any atom is -0.338 e. The van der Waals surface area contributed by atoms with Crippen LogP contribution in [0, 0.1) is 11.8 Å². The van der Waals surface area contributed by atoms with Crippen molar-refractivity contribution in [1.29, 1.82) is 0 Å². The highest BCUT2D eigenvalue weighted by Crippen LogP contribution is 2.33. The molecule has 15 heavy (non-hydrogen) atoms. The van der Waals surface area contributed by atoms with Gasteiger partial charge in [-0.15, -0.1) is 0 Å². The quantitative estimate of drug-likeness (QED) is 0.820. The molecular formula is C12H21N3. The topological polar surface area (TPSA) is 43.8 Å². The minimum absolute atomic E-state index is 0.427. The third-order valence-electron chi connectivity index (χ3n) is 3.95. The van der Waals surface area contributed by atoms with Gasteiger partial charge in [-0.3, -0.25) is 0 Å². The van der Waals surface area contributed by atoms with Crippen LogP contribution in [0.2, 0.25) is 0 Å². The zero-order valence-corrected chi connectivity index (χ0v) is 9.69. The summed E-state index contributed by atoms with van der Waals surface area (Å²) in [6.45, 7) is 2.29. The normalized spacial score (nSPS) is 31.0. The Balaban J connectivity index is 1.86. The van der Waals surface area contributed by atoms with Crippen molar-refractivity contribution in [2.24, 2.45) is 24.6 Å². The maximum Gasteiger partial charge on any atom is 0.108 e. The Morgan fingerprint density at radius 3 is 2.87 bits per heavy atom.